The lowest BCUT2D eigenvalue weighted by Gasteiger charge is -2.36. The van der Waals surface area contributed by atoms with Crippen LogP contribution in [0.15, 0.2) is 54.6 Å². The number of nitrogens with one attached hydrogen (secondary N) is 1. The van der Waals surface area contributed by atoms with E-state index in [4.69, 9.17) is 5.26 Å². The molecule has 132 valence electrons. The van der Waals surface area contributed by atoms with Crippen LogP contribution in [-0.2, 0) is 9.59 Å². The Kier molecular flexibility index (Phi) is 5.49. The quantitative estimate of drug-likeness (QED) is 0.860. The van der Waals surface area contributed by atoms with Crippen LogP contribution in [0.25, 0.3) is 0 Å². The number of nitriles is 1. The molecule has 26 heavy (non-hydrogen) atoms. The predicted molar refractivity (Wildman–Crippen MR) is 99.6 cm³/mol. The number of rotatable bonds is 4. The summed E-state index contributed by atoms with van der Waals surface area (Å²) in [6.45, 7) is 2.68. The smallest absolute Gasteiger partial charge is 0.233 e. The number of benzene rings is 2. The fraction of sp³-hybridized carbons (Fsp3) is 0.250. The largest absolute Gasteiger partial charge is 0.368 e. The van der Waals surface area contributed by atoms with E-state index in [1.807, 2.05) is 24.3 Å². The van der Waals surface area contributed by atoms with E-state index in [1.165, 1.54) is 0 Å². The molecule has 2 aromatic rings. The average molecular weight is 348 g/mol. The van der Waals surface area contributed by atoms with E-state index >= 15 is 0 Å². The molecule has 6 nitrogen and oxygen atoms in total. The summed E-state index contributed by atoms with van der Waals surface area (Å²) < 4.78 is 0. The Morgan fingerprint density at radius 3 is 2.31 bits per heavy atom. The van der Waals surface area contributed by atoms with Gasteiger partial charge in [0.1, 0.15) is 12.5 Å². The second-order valence-electron chi connectivity index (χ2n) is 6.09. The van der Waals surface area contributed by atoms with E-state index in [0.29, 0.717) is 24.3 Å². The van der Waals surface area contributed by atoms with E-state index in [9.17, 15) is 9.59 Å². The summed E-state index contributed by atoms with van der Waals surface area (Å²) in [5, 5.41) is 11.7. The zero-order valence-corrected chi connectivity index (χ0v) is 14.4. The van der Waals surface area contributed by atoms with Gasteiger partial charge in [-0.1, -0.05) is 30.3 Å². The fourth-order valence-corrected chi connectivity index (χ4v) is 2.99. The lowest BCUT2D eigenvalue weighted by molar-refractivity contribution is -0.134. The van der Waals surface area contributed by atoms with Crippen molar-refractivity contribution in [2.24, 2.45) is 0 Å². The number of hydrogen-bond acceptors (Lipinski definition) is 4. The third-order valence-electron chi connectivity index (χ3n) is 4.39. The molecule has 0 aliphatic carbocycles. The number of carbonyl (C=O) groups excluding carboxylic acids is 2. The average Bonchev–Trinajstić information content (AvgIpc) is 2.69. The maximum atomic E-state index is 12.4. The van der Waals surface area contributed by atoms with Crippen LogP contribution in [0, 0.1) is 11.3 Å². The molecule has 0 radical (unpaired) electrons. The Balaban J connectivity index is 1.51. The first-order chi connectivity index (χ1) is 12.7. The summed E-state index contributed by atoms with van der Waals surface area (Å²) in [6.07, 6.45) is -0.217. The van der Waals surface area contributed by atoms with Gasteiger partial charge < -0.3 is 15.1 Å². The molecule has 0 bridgehead atoms. The first-order valence-electron chi connectivity index (χ1n) is 8.54. The van der Waals surface area contributed by atoms with Crippen LogP contribution >= 0.6 is 0 Å². The van der Waals surface area contributed by atoms with E-state index < -0.39 is 5.91 Å². The van der Waals surface area contributed by atoms with Crippen molar-refractivity contribution in [1.29, 1.82) is 5.26 Å². The molecule has 1 fully saturated rings. The highest BCUT2D eigenvalue weighted by molar-refractivity contribution is 6.04. The number of para-hydroxylation sites is 2. The normalized spacial score (nSPS) is 13.8. The molecule has 2 aromatic carbocycles. The van der Waals surface area contributed by atoms with Gasteiger partial charge in [0.2, 0.25) is 11.8 Å². The van der Waals surface area contributed by atoms with Crippen LogP contribution < -0.4 is 10.2 Å². The van der Waals surface area contributed by atoms with Gasteiger partial charge in [-0.05, 0) is 24.3 Å². The van der Waals surface area contributed by atoms with Gasteiger partial charge in [-0.25, -0.2) is 0 Å². The highest BCUT2D eigenvalue weighted by atomic mass is 16.2. The number of amides is 2. The molecule has 0 aromatic heterocycles. The number of piperazine rings is 1. The number of carbonyl (C=O) groups is 2. The first-order valence-corrected chi connectivity index (χ1v) is 8.54. The molecule has 2 amide bonds. The Bertz CT molecular complexity index is 821. The second-order valence-corrected chi connectivity index (χ2v) is 6.09. The third-order valence-corrected chi connectivity index (χ3v) is 4.39. The van der Waals surface area contributed by atoms with Crippen LogP contribution in [0.1, 0.15) is 12.0 Å². The molecular weight excluding hydrogens is 328 g/mol. The highest BCUT2D eigenvalue weighted by Crippen LogP contribution is 2.17. The maximum Gasteiger partial charge on any atom is 0.233 e. The van der Waals surface area contributed by atoms with Gasteiger partial charge >= 0.3 is 0 Å². The van der Waals surface area contributed by atoms with Crippen LogP contribution in [0.2, 0.25) is 0 Å². The SMILES string of the molecule is N#Cc1ccccc1NC(=O)CC(=O)N1CCN(c2ccccc2)CC1. The molecule has 1 heterocycles. The van der Waals surface area contributed by atoms with E-state index in [0.717, 1.165) is 18.8 Å². The summed E-state index contributed by atoms with van der Waals surface area (Å²) in [6, 6.07) is 18.8. The van der Waals surface area contributed by atoms with Crippen LogP contribution in [-0.4, -0.2) is 42.9 Å². The summed E-state index contributed by atoms with van der Waals surface area (Å²) in [5.41, 5.74) is 1.96. The molecule has 0 atom stereocenters. The van der Waals surface area contributed by atoms with Gasteiger partial charge in [0.25, 0.3) is 0 Å². The highest BCUT2D eigenvalue weighted by Gasteiger charge is 2.23. The molecular formula is C20H20N4O2. The summed E-state index contributed by atoms with van der Waals surface area (Å²) in [7, 11) is 0. The monoisotopic (exact) mass is 348 g/mol. The van der Waals surface area contributed by atoms with E-state index in [1.54, 1.807) is 29.2 Å². The standard InChI is InChI=1S/C20H20N4O2/c21-15-16-6-4-5-9-18(16)22-19(25)14-20(26)24-12-10-23(11-13-24)17-7-2-1-3-8-17/h1-9H,10-14H2,(H,22,25). The van der Waals surface area contributed by atoms with Gasteiger partial charge in [-0.3, -0.25) is 9.59 Å². The lowest BCUT2D eigenvalue weighted by Crippen LogP contribution is -2.49. The van der Waals surface area contributed by atoms with Crippen LogP contribution in [0.3, 0.4) is 0 Å². The van der Waals surface area contributed by atoms with Gasteiger partial charge in [-0.15, -0.1) is 0 Å². The molecule has 1 aliphatic rings. The Hall–Kier alpha value is -3.33. The summed E-state index contributed by atoms with van der Waals surface area (Å²) >= 11 is 0. The van der Waals surface area contributed by atoms with Crippen LogP contribution in [0.4, 0.5) is 11.4 Å². The second kappa shape index (κ2) is 8.17. The minimum absolute atomic E-state index is 0.190. The zero-order chi connectivity index (χ0) is 18.4. The van der Waals surface area contributed by atoms with Crippen molar-refractivity contribution in [1.82, 2.24) is 4.90 Å². The number of anilines is 2. The predicted octanol–water partition coefficient (Wildman–Crippen LogP) is 2.24. The molecule has 6 heteroatoms. The zero-order valence-electron chi connectivity index (χ0n) is 14.4. The Morgan fingerprint density at radius 2 is 1.62 bits per heavy atom. The van der Waals surface area contributed by atoms with Crippen molar-refractivity contribution >= 4 is 23.2 Å². The minimum Gasteiger partial charge on any atom is -0.368 e. The van der Waals surface area contributed by atoms with Gasteiger partial charge in [0.05, 0.1) is 11.3 Å². The van der Waals surface area contributed by atoms with E-state index in [2.05, 4.69) is 22.3 Å². The molecule has 3 rings (SSSR count). The topological polar surface area (TPSA) is 76.4 Å². The van der Waals surface area contributed by atoms with Crippen molar-refractivity contribution in [3.05, 3.63) is 60.2 Å². The van der Waals surface area contributed by atoms with Crippen LogP contribution in [0.5, 0.6) is 0 Å². The van der Waals surface area contributed by atoms with Crippen molar-refractivity contribution in [2.45, 2.75) is 6.42 Å². The molecule has 1 aliphatic heterocycles. The Morgan fingerprint density at radius 1 is 0.962 bits per heavy atom. The maximum absolute atomic E-state index is 12.4. The lowest BCUT2D eigenvalue weighted by atomic mass is 10.2. The number of nitrogens with zero attached hydrogens (tertiary/aromatic N) is 3. The van der Waals surface area contributed by atoms with E-state index in [-0.39, 0.29) is 12.3 Å². The van der Waals surface area contributed by atoms with Crippen molar-refractivity contribution in [3.63, 3.8) is 0 Å². The van der Waals surface area contributed by atoms with Gasteiger partial charge in [-0.2, -0.15) is 5.26 Å². The third kappa shape index (κ3) is 4.19. The van der Waals surface area contributed by atoms with Crippen molar-refractivity contribution < 1.29 is 9.59 Å². The van der Waals surface area contributed by atoms with Crippen molar-refractivity contribution in [2.75, 3.05) is 36.4 Å². The van der Waals surface area contributed by atoms with Gasteiger partial charge in [0.15, 0.2) is 0 Å². The molecule has 0 saturated carbocycles. The summed E-state index contributed by atoms with van der Waals surface area (Å²) in [4.78, 5) is 28.5. The number of hydrogen-bond donors (Lipinski definition) is 1. The first kappa shape index (κ1) is 17.5. The molecule has 1 saturated heterocycles. The summed E-state index contributed by atoms with van der Waals surface area (Å²) in [5.74, 6) is -0.590. The Labute approximate surface area is 152 Å². The molecule has 0 unspecified atom stereocenters. The van der Waals surface area contributed by atoms with Crippen molar-refractivity contribution in [3.8, 4) is 6.07 Å². The fourth-order valence-electron chi connectivity index (χ4n) is 2.99. The van der Waals surface area contributed by atoms with Gasteiger partial charge in [0, 0.05) is 31.9 Å². The molecule has 1 N–H and O–H groups in total. The minimum atomic E-state index is -0.400. The molecule has 0 spiro atoms.